The number of carbonyl (C=O) groups excluding carboxylic acids is 1. The topological polar surface area (TPSA) is 133 Å². The molecule has 0 bridgehead atoms. The third-order valence-electron chi connectivity index (χ3n) is 8.72. The van der Waals surface area contributed by atoms with Gasteiger partial charge in [-0.1, -0.05) is 35.9 Å². The lowest BCUT2D eigenvalue weighted by Crippen LogP contribution is -2.79. The number of amides is 1. The molecule has 13 heteroatoms. The summed E-state index contributed by atoms with van der Waals surface area (Å²) in [5.41, 5.74) is 0.401. The van der Waals surface area contributed by atoms with Gasteiger partial charge < -0.3 is 15.0 Å². The molecule has 45 heavy (non-hydrogen) atoms. The third-order valence-corrected chi connectivity index (χ3v) is 11.3. The predicted molar refractivity (Wildman–Crippen MR) is 172 cm³/mol. The molecule has 5 rings (SSSR count). The summed E-state index contributed by atoms with van der Waals surface area (Å²) in [6.07, 6.45) is -0.121. The van der Waals surface area contributed by atoms with Gasteiger partial charge in [0.2, 0.25) is 0 Å². The molecule has 0 saturated carbocycles. The number of halogens is 1. The highest BCUT2D eigenvalue weighted by Gasteiger charge is 2.57. The molecule has 1 N–H and O–H groups in total. The summed E-state index contributed by atoms with van der Waals surface area (Å²) in [7, 11) is -3.38. The van der Waals surface area contributed by atoms with Crippen molar-refractivity contribution >= 4 is 44.8 Å². The van der Waals surface area contributed by atoms with E-state index >= 15 is 0 Å². The Morgan fingerprint density at radius 3 is 2.40 bits per heavy atom. The molecule has 0 radical (unpaired) electrons. The maximum atomic E-state index is 12.8. The van der Waals surface area contributed by atoms with Crippen molar-refractivity contribution < 1.29 is 32.7 Å². The van der Waals surface area contributed by atoms with Crippen LogP contribution in [0.15, 0.2) is 71.6 Å². The van der Waals surface area contributed by atoms with Crippen molar-refractivity contribution in [2.45, 2.75) is 50.2 Å². The highest BCUT2D eigenvalue weighted by Crippen LogP contribution is 2.39. The second-order valence-corrected chi connectivity index (χ2v) is 16.1. The number of carbonyl (C=O) groups is 2. The summed E-state index contributed by atoms with van der Waals surface area (Å²) in [4.78, 5) is 28.9. The van der Waals surface area contributed by atoms with Crippen molar-refractivity contribution in [2.75, 3.05) is 25.9 Å². The number of hydrogen-bond acceptors (Lipinski definition) is 8. The Morgan fingerprint density at radius 2 is 1.78 bits per heavy atom. The first kappa shape index (κ1) is 32.8. The number of aromatic nitrogens is 2. The van der Waals surface area contributed by atoms with Crippen LogP contribution in [0.5, 0.6) is 0 Å². The summed E-state index contributed by atoms with van der Waals surface area (Å²) >= 11 is 8.07. The van der Waals surface area contributed by atoms with Crippen LogP contribution in [-0.2, 0) is 21.2 Å². The van der Waals surface area contributed by atoms with E-state index in [0.29, 0.717) is 16.4 Å². The first-order chi connectivity index (χ1) is 21.0. The van der Waals surface area contributed by atoms with E-state index in [1.54, 1.807) is 61.5 Å². The van der Waals surface area contributed by atoms with Gasteiger partial charge in [0.1, 0.15) is 6.54 Å². The van der Waals surface area contributed by atoms with E-state index in [0.717, 1.165) is 21.0 Å². The number of hydrogen-bond donors (Lipinski definition) is 1. The molecule has 1 amide bonds. The molecule has 2 aromatic heterocycles. The minimum Gasteiger partial charge on any atom is -0.498 e. The lowest BCUT2D eigenvalue weighted by molar-refractivity contribution is -0.928. The molecule has 2 unspecified atom stereocenters. The second kappa shape index (κ2) is 11.7. The van der Waals surface area contributed by atoms with Gasteiger partial charge in [0.25, 0.3) is 6.09 Å². The van der Waals surface area contributed by atoms with Crippen molar-refractivity contribution in [3.05, 3.63) is 77.4 Å². The molecule has 10 nitrogen and oxygen atoms in total. The van der Waals surface area contributed by atoms with Crippen molar-refractivity contribution in [3.8, 4) is 26.7 Å². The van der Waals surface area contributed by atoms with Crippen molar-refractivity contribution in [1.29, 1.82) is 0 Å². The largest absolute Gasteiger partial charge is 0.498 e. The van der Waals surface area contributed by atoms with Gasteiger partial charge in [-0.05, 0) is 75.7 Å². The summed E-state index contributed by atoms with van der Waals surface area (Å²) in [5.74, 6) is -1.12. The van der Waals surface area contributed by atoms with Crippen molar-refractivity contribution in [3.63, 3.8) is 0 Å². The molecule has 1 fully saturated rings. The minimum atomic E-state index is -3.38. The van der Waals surface area contributed by atoms with Gasteiger partial charge in [-0.15, -0.1) is 11.3 Å². The minimum absolute atomic E-state index is 0.152. The quantitative estimate of drug-likeness (QED) is 0.274. The van der Waals surface area contributed by atoms with E-state index in [1.165, 1.54) is 17.6 Å². The molecular weight excluding hydrogens is 636 g/mol. The van der Waals surface area contributed by atoms with Gasteiger partial charge in [0.15, 0.2) is 15.4 Å². The zero-order chi connectivity index (χ0) is 32.9. The van der Waals surface area contributed by atoms with E-state index in [4.69, 9.17) is 16.7 Å². The third kappa shape index (κ3) is 6.05. The fraction of sp³-hybridized carbons (Fsp3) is 0.344. The van der Waals surface area contributed by atoms with Crippen LogP contribution < -0.4 is 5.11 Å². The normalized spacial score (nSPS) is 21.1. The first-order valence-corrected chi connectivity index (χ1v) is 17.4. The van der Waals surface area contributed by atoms with Crippen LogP contribution in [0, 0.1) is 0 Å². The fourth-order valence-electron chi connectivity index (χ4n) is 5.90. The molecule has 238 valence electrons. The van der Waals surface area contributed by atoms with Gasteiger partial charge in [-0.2, -0.15) is 5.10 Å². The highest BCUT2D eigenvalue weighted by atomic mass is 35.5. The molecule has 0 aliphatic carbocycles. The zero-order valence-corrected chi connectivity index (χ0v) is 28.0. The summed E-state index contributed by atoms with van der Waals surface area (Å²) < 4.78 is 25.5. The maximum absolute atomic E-state index is 12.8. The monoisotopic (exact) mass is 670 g/mol. The predicted octanol–water partition coefficient (Wildman–Crippen LogP) is 4.94. The van der Waals surface area contributed by atoms with Crippen LogP contribution in [0.4, 0.5) is 4.79 Å². The Kier molecular flexibility index (Phi) is 8.51. The van der Waals surface area contributed by atoms with E-state index in [2.05, 4.69) is 0 Å². The molecule has 2 atom stereocenters. The Balaban J connectivity index is 1.56. The molecule has 1 aliphatic rings. The summed E-state index contributed by atoms with van der Waals surface area (Å²) in [5, 5.41) is 28.2. The van der Waals surface area contributed by atoms with Crippen LogP contribution in [0.25, 0.3) is 26.7 Å². The number of benzene rings is 2. The van der Waals surface area contributed by atoms with E-state index in [9.17, 15) is 28.2 Å². The van der Waals surface area contributed by atoms with E-state index in [-0.39, 0.29) is 31.1 Å². The Bertz CT molecular complexity index is 1900. The smallest absolute Gasteiger partial charge is 0.329 e. The number of thiophene rings is 1. The second-order valence-electron chi connectivity index (χ2n) is 12.6. The fourth-order valence-corrected chi connectivity index (χ4v) is 7.78. The maximum Gasteiger partial charge on any atom is 0.329 e. The highest BCUT2D eigenvalue weighted by molar-refractivity contribution is 7.90. The first-order valence-electron chi connectivity index (χ1n) is 14.3. The number of piperazine rings is 1. The van der Waals surface area contributed by atoms with Gasteiger partial charge >= 0.3 is 5.97 Å². The molecular formula is C32H35ClN4O6S2. The van der Waals surface area contributed by atoms with Crippen molar-refractivity contribution in [1.82, 2.24) is 14.7 Å². The Morgan fingerprint density at radius 1 is 1.09 bits per heavy atom. The van der Waals surface area contributed by atoms with Gasteiger partial charge in [-0.25, -0.2) is 17.9 Å². The number of nitrogens with zero attached hydrogens (tertiary/aromatic N) is 4. The molecule has 1 saturated heterocycles. The number of carboxylic acids is 1. The average molecular weight is 671 g/mol. The lowest BCUT2D eigenvalue weighted by Gasteiger charge is -2.56. The number of para-hydroxylation sites is 1. The molecule has 3 heterocycles. The van der Waals surface area contributed by atoms with Crippen LogP contribution >= 0.6 is 22.9 Å². The number of aliphatic carboxylic acids is 1. The number of carboxylic acid groups (broad SMARTS) is 2. The number of sulfone groups is 1. The molecule has 0 spiro atoms. The molecule has 2 aromatic carbocycles. The Hall–Kier alpha value is -3.55. The van der Waals surface area contributed by atoms with E-state index < -0.39 is 37.5 Å². The Labute approximate surface area is 271 Å². The van der Waals surface area contributed by atoms with Crippen LogP contribution in [0.2, 0.25) is 5.02 Å². The lowest BCUT2D eigenvalue weighted by atomic mass is 9.89. The average Bonchev–Trinajstić information content (AvgIpc) is 3.61. The van der Waals surface area contributed by atoms with Crippen LogP contribution in [0.1, 0.15) is 33.4 Å². The van der Waals surface area contributed by atoms with E-state index in [1.807, 2.05) is 42.5 Å². The van der Waals surface area contributed by atoms with Crippen LogP contribution in [-0.4, -0.2) is 81.7 Å². The van der Waals surface area contributed by atoms with Gasteiger partial charge in [0.05, 0.1) is 44.0 Å². The molecule has 1 aliphatic heterocycles. The SMILES string of the molecule is CC1(C(=O)O)C[N+](C(=O)[O-])(C(C)(C)C)CCN1Cc1cc(-c2ccc(-c3cccc(S(C)(=O)=O)c3)s2)n(-c2ccccc2Cl)n1. The summed E-state index contributed by atoms with van der Waals surface area (Å²) in [6.45, 7) is 7.25. The number of quaternary nitrogens is 1. The standard InChI is InChI=1S/C32H35ClN4O6S2/c1-31(2,3)37(30(40)41)16-15-35(32(4,20-37)29(38)39)19-22-18-26(36(34-22)25-12-7-6-11-24(25)33)28-14-13-27(44-28)21-9-8-10-23(17-21)45(5,42)43/h6-14,17-18H,15-16,19-20H2,1-5H3,(H-,38,39,40,41). The number of rotatable bonds is 7. The molecule has 4 aromatic rings. The van der Waals surface area contributed by atoms with Gasteiger partial charge in [-0.3, -0.25) is 9.38 Å². The van der Waals surface area contributed by atoms with Crippen LogP contribution in [0.3, 0.4) is 0 Å². The van der Waals surface area contributed by atoms with Gasteiger partial charge in [0, 0.05) is 24.2 Å². The van der Waals surface area contributed by atoms with Crippen molar-refractivity contribution in [2.24, 2.45) is 0 Å². The zero-order valence-electron chi connectivity index (χ0n) is 25.7. The summed E-state index contributed by atoms with van der Waals surface area (Å²) in [6, 6.07) is 19.8.